The number of nitrogens with zero attached hydrogens (tertiary/aromatic N) is 3. The summed E-state index contributed by atoms with van der Waals surface area (Å²) in [6, 6.07) is 41.7. The van der Waals surface area contributed by atoms with Gasteiger partial charge < -0.3 is 30.2 Å². The predicted octanol–water partition coefficient (Wildman–Crippen LogP) is 7.73. The molecule has 3 saturated heterocycles. The molecule has 360 valence electrons. The van der Waals surface area contributed by atoms with Gasteiger partial charge in [0.2, 0.25) is 0 Å². The highest BCUT2D eigenvalue weighted by Gasteiger charge is 2.51. The van der Waals surface area contributed by atoms with Gasteiger partial charge in [0, 0.05) is 96.0 Å². The normalized spacial score (nSPS) is 24.6. The van der Waals surface area contributed by atoms with Gasteiger partial charge in [-0.3, -0.25) is 24.3 Å². The third kappa shape index (κ3) is 17.8. The van der Waals surface area contributed by atoms with Crippen molar-refractivity contribution in [3.05, 3.63) is 144 Å². The number of methoxy groups -OCH3 is 1. The Morgan fingerprint density at radius 1 is 0.576 bits per heavy atom. The fourth-order valence-electron chi connectivity index (χ4n) is 9.77. The van der Waals surface area contributed by atoms with Crippen LogP contribution in [-0.4, -0.2) is 115 Å². The highest BCUT2D eigenvalue weighted by atomic mass is 16.6. The maximum atomic E-state index is 11.8. The number of rotatable bonds is 9. The molecule has 4 aromatic rings. The summed E-state index contributed by atoms with van der Waals surface area (Å²) in [5, 5.41) is 15.2. The molecular formula is C55H78N4O7. The summed E-state index contributed by atoms with van der Waals surface area (Å²) in [6.07, 6.45) is 8.88. The molecule has 4 atom stereocenters. The lowest BCUT2D eigenvalue weighted by molar-refractivity contribution is -0.127. The molecule has 11 heteroatoms. The Morgan fingerprint density at radius 3 is 1.29 bits per heavy atom. The van der Waals surface area contributed by atoms with Crippen molar-refractivity contribution < 1.29 is 34.0 Å². The third-order valence-corrected chi connectivity index (χ3v) is 13.5. The Balaban J connectivity index is 0.000000158. The van der Waals surface area contributed by atoms with Crippen LogP contribution in [0.3, 0.4) is 0 Å². The highest BCUT2D eigenvalue weighted by molar-refractivity contribution is 5.86. The van der Waals surface area contributed by atoms with Crippen molar-refractivity contribution in [3.8, 4) is 0 Å². The molecule has 6 aliphatic rings. The number of aliphatic hydroxyl groups is 2. The second-order valence-electron chi connectivity index (χ2n) is 18.4. The smallest absolute Gasteiger partial charge is 0.141 e. The molecule has 0 radical (unpaired) electrons. The Bertz CT molecular complexity index is 1860. The van der Waals surface area contributed by atoms with Gasteiger partial charge in [-0.05, 0) is 67.7 Å². The highest BCUT2D eigenvalue weighted by Crippen LogP contribution is 2.47. The van der Waals surface area contributed by atoms with Gasteiger partial charge in [0.1, 0.15) is 25.0 Å². The summed E-state index contributed by atoms with van der Waals surface area (Å²) in [5.74, 6) is 3.08. The first kappa shape index (κ1) is 52.8. The number of benzene rings is 4. The number of aliphatic hydroxyl groups excluding tert-OH is 2. The van der Waals surface area contributed by atoms with E-state index in [1.165, 1.54) is 48.2 Å². The second kappa shape index (κ2) is 29.6. The van der Waals surface area contributed by atoms with E-state index < -0.39 is 0 Å². The Kier molecular flexibility index (Phi) is 23.7. The molecule has 10 rings (SSSR count). The molecule has 11 nitrogen and oxygen atoms in total. The van der Waals surface area contributed by atoms with Crippen molar-refractivity contribution in [1.82, 2.24) is 14.7 Å². The molecule has 3 saturated carbocycles. The quantitative estimate of drug-likeness (QED) is 0.152. The number of nitrogens with two attached hydrogens (primary N) is 1. The molecule has 0 aromatic heterocycles. The first-order valence-electron chi connectivity index (χ1n) is 24.2. The van der Waals surface area contributed by atoms with Gasteiger partial charge in [-0.25, -0.2) is 0 Å². The Labute approximate surface area is 395 Å². The lowest BCUT2D eigenvalue weighted by Gasteiger charge is -2.44. The SMILES string of the molecule is COC1(C)C2CCC1CN(Cc1ccccc1)C2.NCc1ccccc1.O=C1C2CCC1CN(Cc1ccccc1)C2.O=C1CCCC1.OCCO.c1ccc(CN2COCCOC2)cc1. The standard InChI is InChI=1S/C16H23NO.C14H17NO.C11H15NO2.C7H9N.C5H8O.C2H6O2/c1-16(18-2)14-8-9-15(16)12-17(11-14)10-13-6-4-3-5-7-13;16-14-12-6-7-13(14)10-15(9-12)8-11-4-2-1-3-5-11;1-2-4-11(5-3-1)8-12-9-13-6-7-14-10-12;8-6-7-4-2-1-3-5-7;6-5-3-1-2-4-5;3-1-2-4/h3-7,14-15H,8-12H2,1-2H3;1-5,12-13H,6-10H2;1-5H,6-10H2;1-5H,6,8H2;1-4H2;3-4H,1-2H2. The summed E-state index contributed by atoms with van der Waals surface area (Å²) in [4.78, 5) is 29.2. The minimum absolute atomic E-state index is 0.125. The summed E-state index contributed by atoms with van der Waals surface area (Å²) < 4.78 is 16.6. The van der Waals surface area contributed by atoms with Crippen molar-refractivity contribution in [2.24, 2.45) is 29.4 Å². The molecule has 4 aromatic carbocycles. The van der Waals surface area contributed by atoms with Crippen molar-refractivity contribution in [1.29, 1.82) is 0 Å². The van der Waals surface area contributed by atoms with Crippen LogP contribution in [0.25, 0.3) is 0 Å². The summed E-state index contributed by atoms with van der Waals surface area (Å²) in [5.41, 5.74) is 10.7. The average Bonchev–Trinajstić information content (AvgIpc) is 3.83. The molecule has 6 fully saturated rings. The monoisotopic (exact) mass is 907 g/mol. The summed E-state index contributed by atoms with van der Waals surface area (Å²) >= 11 is 0. The molecule has 0 amide bonds. The molecule has 3 heterocycles. The number of fused-ring (bicyclic) bond motifs is 4. The van der Waals surface area contributed by atoms with E-state index in [0.717, 1.165) is 71.2 Å². The maximum Gasteiger partial charge on any atom is 0.141 e. The lowest BCUT2D eigenvalue weighted by Crippen LogP contribution is -2.52. The van der Waals surface area contributed by atoms with Gasteiger partial charge in [-0.2, -0.15) is 0 Å². The molecule has 4 bridgehead atoms. The van der Waals surface area contributed by atoms with Gasteiger partial charge in [-0.1, -0.05) is 121 Å². The number of piperidine rings is 2. The molecule has 3 aliphatic carbocycles. The van der Waals surface area contributed by atoms with E-state index in [0.29, 0.717) is 68.5 Å². The molecule has 3 aliphatic heterocycles. The first-order chi connectivity index (χ1) is 32.2. The van der Waals surface area contributed by atoms with E-state index in [-0.39, 0.29) is 18.8 Å². The van der Waals surface area contributed by atoms with Crippen LogP contribution < -0.4 is 5.73 Å². The number of Topliss-reactive ketones (excluding diaryl/α,β-unsaturated/α-hetero) is 2. The van der Waals surface area contributed by atoms with Crippen LogP contribution in [0, 0.1) is 23.7 Å². The molecule has 66 heavy (non-hydrogen) atoms. The zero-order chi connectivity index (χ0) is 46.8. The number of ketones is 2. The van der Waals surface area contributed by atoms with Gasteiger partial charge in [-0.15, -0.1) is 0 Å². The fraction of sp³-hybridized carbons (Fsp3) is 0.527. The van der Waals surface area contributed by atoms with Crippen LogP contribution in [0.5, 0.6) is 0 Å². The van der Waals surface area contributed by atoms with Gasteiger partial charge >= 0.3 is 0 Å². The predicted molar refractivity (Wildman–Crippen MR) is 262 cm³/mol. The number of hydrogen-bond donors (Lipinski definition) is 3. The largest absolute Gasteiger partial charge is 0.394 e. The van der Waals surface area contributed by atoms with Crippen LogP contribution in [0.15, 0.2) is 121 Å². The van der Waals surface area contributed by atoms with Crippen molar-refractivity contribution in [2.75, 3.05) is 73.2 Å². The zero-order valence-electron chi connectivity index (χ0n) is 39.8. The average molecular weight is 907 g/mol. The second-order valence-corrected chi connectivity index (χ2v) is 18.4. The number of likely N-dealkylation sites (tertiary alicyclic amines) is 2. The molecule has 0 spiro atoms. The molecule has 4 N–H and O–H groups in total. The maximum absolute atomic E-state index is 11.8. The van der Waals surface area contributed by atoms with Crippen LogP contribution >= 0.6 is 0 Å². The Hall–Kier alpha value is -4.14. The van der Waals surface area contributed by atoms with E-state index in [2.05, 4.69) is 100 Å². The van der Waals surface area contributed by atoms with Gasteiger partial charge in [0.05, 0.1) is 32.0 Å². The van der Waals surface area contributed by atoms with E-state index in [9.17, 15) is 9.59 Å². The number of carbonyl (C=O) groups is 2. The minimum atomic E-state index is -0.125. The minimum Gasteiger partial charge on any atom is -0.394 e. The molecule has 4 unspecified atom stereocenters. The third-order valence-electron chi connectivity index (χ3n) is 13.5. The van der Waals surface area contributed by atoms with E-state index >= 15 is 0 Å². The van der Waals surface area contributed by atoms with Crippen LogP contribution in [-0.2, 0) is 50.0 Å². The first-order valence-corrected chi connectivity index (χ1v) is 24.2. The fourth-order valence-corrected chi connectivity index (χ4v) is 9.77. The topological polar surface area (TPSA) is 138 Å². The number of ether oxygens (including phenoxy) is 3. The van der Waals surface area contributed by atoms with E-state index in [1.54, 1.807) is 0 Å². The van der Waals surface area contributed by atoms with Crippen molar-refractivity contribution in [2.45, 2.75) is 90.1 Å². The van der Waals surface area contributed by atoms with Gasteiger partial charge in [0.15, 0.2) is 0 Å². The van der Waals surface area contributed by atoms with Crippen molar-refractivity contribution in [3.63, 3.8) is 0 Å². The summed E-state index contributed by atoms with van der Waals surface area (Å²) in [7, 11) is 1.89. The van der Waals surface area contributed by atoms with Crippen LogP contribution in [0.2, 0.25) is 0 Å². The van der Waals surface area contributed by atoms with Crippen LogP contribution in [0.4, 0.5) is 0 Å². The lowest BCUT2D eigenvalue weighted by atomic mass is 9.81. The zero-order valence-corrected chi connectivity index (χ0v) is 39.8. The number of hydrogen-bond acceptors (Lipinski definition) is 11. The van der Waals surface area contributed by atoms with Crippen molar-refractivity contribution >= 4 is 11.6 Å². The Morgan fingerprint density at radius 2 is 0.955 bits per heavy atom. The van der Waals surface area contributed by atoms with E-state index in [4.69, 9.17) is 30.2 Å². The van der Waals surface area contributed by atoms with Gasteiger partial charge in [0.25, 0.3) is 0 Å². The summed E-state index contributed by atoms with van der Waals surface area (Å²) in [6.45, 7) is 12.7. The number of carbonyl (C=O) groups excluding carboxylic acids is 2. The van der Waals surface area contributed by atoms with E-state index in [1.807, 2.05) is 49.6 Å². The van der Waals surface area contributed by atoms with Crippen LogP contribution in [0.1, 0.15) is 80.5 Å². The molecular weight excluding hydrogens is 829 g/mol.